The third-order valence-electron chi connectivity index (χ3n) is 3.56. The summed E-state index contributed by atoms with van der Waals surface area (Å²) in [5.74, 6) is -0.964. The van der Waals surface area contributed by atoms with Gasteiger partial charge in [-0.2, -0.15) is 0 Å². The second-order valence-electron chi connectivity index (χ2n) is 5.07. The van der Waals surface area contributed by atoms with Crippen molar-refractivity contribution in [3.8, 4) is 0 Å². The van der Waals surface area contributed by atoms with E-state index >= 15 is 0 Å². The SMILES string of the molecule is COC(=O)[C@H]1C[C@H](O)C[C@H]1NC(=O)OCc1ccccc1. The van der Waals surface area contributed by atoms with E-state index in [4.69, 9.17) is 4.74 Å². The fourth-order valence-electron chi connectivity index (χ4n) is 2.50. The van der Waals surface area contributed by atoms with Crippen molar-refractivity contribution >= 4 is 12.1 Å². The largest absolute Gasteiger partial charge is 0.469 e. The van der Waals surface area contributed by atoms with Crippen LogP contribution in [0.1, 0.15) is 18.4 Å². The lowest BCUT2D eigenvalue weighted by molar-refractivity contribution is -0.146. The molecule has 0 spiro atoms. The molecule has 1 fully saturated rings. The van der Waals surface area contributed by atoms with Gasteiger partial charge in [-0.3, -0.25) is 4.79 Å². The number of hydrogen-bond acceptors (Lipinski definition) is 5. The number of carbonyl (C=O) groups is 2. The molecular formula is C15H19NO5. The van der Waals surface area contributed by atoms with Crippen molar-refractivity contribution in [2.24, 2.45) is 5.92 Å². The minimum Gasteiger partial charge on any atom is -0.469 e. The Labute approximate surface area is 123 Å². The molecule has 114 valence electrons. The first-order valence-corrected chi connectivity index (χ1v) is 6.83. The summed E-state index contributed by atoms with van der Waals surface area (Å²) in [6.07, 6.45) is -0.614. The van der Waals surface area contributed by atoms with Gasteiger partial charge in [0.25, 0.3) is 0 Å². The standard InChI is InChI=1S/C15H19NO5/c1-20-14(18)12-7-11(17)8-13(12)16-15(19)21-9-10-5-3-2-4-6-10/h2-6,11-13,17H,7-9H2,1H3,(H,16,19)/t11-,12-,13+/m0/s1. The second kappa shape index (κ2) is 7.08. The van der Waals surface area contributed by atoms with Crippen LogP contribution < -0.4 is 5.32 Å². The Morgan fingerprint density at radius 2 is 2.00 bits per heavy atom. The van der Waals surface area contributed by atoms with Crippen molar-refractivity contribution in [2.75, 3.05) is 7.11 Å². The van der Waals surface area contributed by atoms with Gasteiger partial charge in [0.2, 0.25) is 0 Å². The van der Waals surface area contributed by atoms with Crippen molar-refractivity contribution in [1.29, 1.82) is 0 Å². The number of rotatable bonds is 4. The van der Waals surface area contributed by atoms with E-state index in [1.54, 1.807) is 0 Å². The molecule has 1 aromatic carbocycles. The predicted molar refractivity (Wildman–Crippen MR) is 74.3 cm³/mol. The van der Waals surface area contributed by atoms with Crippen molar-refractivity contribution in [1.82, 2.24) is 5.32 Å². The second-order valence-corrected chi connectivity index (χ2v) is 5.07. The zero-order valence-corrected chi connectivity index (χ0v) is 11.8. The van der Waals surface area contributed by atoms with Crippen LogP contribution in [0.4, 0.5) is 4.79 Å². The Morgan fingerprint density at radius 1 is 1.29 bits per heavy atom. The number of aliphatic hydroxyl groups is 1. The molecule has 0 saturated heterocycles. The Bertz CT molecular complexity index is 490. The van der Waals surface area contributed by atoms with Crippen LogP contribution in [-0.4, -0.2) is 36.4 Å². The Hall–Kier alpha value is -2.08. The molecule has 6 nitrogen and oxygen atoms in total. The van der Waals surface area contributed by atoms with Gasteiger partial charge >= 0.3 is 12.1 Å². The maximum absolute atomic E-state index is 11.8. The van der Waals surface area contributed by atoms with Crippen molar-refractivity contribution in [2.45, 2.75) is 31.6 Å². The highest BCUT2D eigenvalue weighted by atomic mass is 16.5. The molecule has 21 heavy (non-hydrogen) atoms. The third kappa shape index (κ3) is 4.19. The van der Waals surface area contributed by atoms with E-state index < -0.39 is 30.1 Å². The molecule has 1 aromatic rings. The summed E-state index contributed by atoms with van der Waals surface area (Å²) in [7, 11) is 1.29. The first-order chi connectivity index (χ1) is 10.1. The molecule has 0 heterocycles. The van der Waals surface area contributed by atoms with Gasteiger partial charge in [-0.15, -0.1) is 0 Å². The molecule has 1 saturated carbocycles. The van der Waals surface area contributed by atoms with Gasteiger partial charge in [0, 0.05) is 6.04 Å². The number of aliphatic hydroxyl groups excluding tert-OH is 1. The molecule has 0 radical (unpaired) electrons. The molecular weight excluding hydrogens is 274 g/mol. The highest BCUT2D eigenvalue weighted by molar-refractivity contribution is 5.75. The van der Waals surface area contributed by atoms with Crippen LogP contribution in [0.5, 0.6) is 0 Å². The number of ether oxygens (including phenoxy) is 2. The Morgan fingerprint density at radius 3 is 2.67 bits per heavy atom. The van der Waals surface area contributed by atoms with Crippen molar-refractivity contribution in [3.63, 3.8) is 0 Å². The highest BCUT2D eigenvalue weighted by Crippen LogP contribution is 2.27. The zero-order valence-electron chi connectivity index (χ0n) is 11.8. The number of carbonyl (C=O) groups excluding carboxylic acids is 2. The van der Waals surface area contributed by atoms with E-state index in [9.17, 15) is 14.7 Å². The van der Waals surface area contributed by atoms with Crippen LogP contribution in [0.3, 0.4) is 0 Å². The molecule has 6 heteroatoms. The topological polar surface area (TPSA) is 84.9 Å². The molecule has 2 N–H and O–H groups in total. The van der Waals surface area contributed by atoms with Gasteiger partial charge in [0.15, 0.2) is 0 Å². The third-order valence-corrected chi connectivity index (χ3v) is 3.56. The molecule has 2 rings (SSSR count). The van der Waals surface area contributed by atoms with E-state index in [0.29, 0.717) is 6.42 Å². The number of nitrogens with one attached hydrogen (secondary N) is 1. The minimum atomic E-state index is -0.617. The van der Waals surface area contributed by atoms with Crippen molar-refractivity contribution in [3.05, 3.63) is 35.9 Å². The summed E-state index contributed by atoms with van der Waals surface area (Å²) in [4.78, 5) is 23.4. The number of benzene rings is 1. The first kappa shape index (κ1) is 15.3. The lowest BCUT2D eigenvalue weighted by Gasteiger charge is -2.18. The fourth-order valence-corrected chi connectivity index (χ4v) is 2.50. The normalized spacial score (nSPS) is 24.4. The summed E-state index contributed by atoms with van der Waals surface area (Å²) < 4.78 is 9.78. The predicted octanol–water partition coefficient (Wildman–Crippen LogP) is 1.23. The van der Waals surface area contributed by atoms with E-state index in [1.165, 1.54) is 7.11 Å². The highest BCUT2D eigenvalue weighted by Gasteiger charge is 2.39. The average Bonchev–Trinajstić information content (AvgIpc) is 2.86. The number of alkyl carbamates (subject to hydrolysis) is 1. The lowest BCUT2D eigenvalue weighted by Crippen LogP contribution is -2.40. The minimum absolute atomic E-state index is 0.158. The van der Waals surface area contributed by atoms with Gasteiger partial charge in [-0.1, -0.05) is 30.3 Å². The van der Waals surface area contributed by atoms with Crippen LogP contribution in [0.2, 0.25) is 0 Å². The number of esters is 1. The molecule has 3 atom stereocenters. The summed E-state index contributed by atoms with van der Waals surface area (Å²) in [5.41, 5.74) is 0.878. The first-order valence-electron chi connectivity index (χ1n) is 6.83. The quantitative estimate of drug-likeness (QED) is 0.815. The monoisotopic (exact) mass is 293 g/mol. The fraction of sp³-hybridized carbons (Fsp3) is 0.467. The van der Waals surface area contributed by atoms with Gasteiger partial charge in [-0.25, -0.2) is 4.79 Å². The van der Waals surface area contributed by atoms with Gasteiger partial charge in [0.1, 0.15) is 6.61 Å². The van der Waals surface area contributed by atoms with Crippen LogP contribution in [0.15, 0.2) is 30.3 Å². The van der Waals surface area contributed by atoms with Crippen molar-refractivity contribution < 1.29 is 24.2 Å². The summed E-state index contributed by atoms with van der Waals surface area (Å²) in [6, 6.07) is 8.84. The summed E-state index contributed by atoms with van der Waals surface area (Å²) >= 11 is 0. The molecule has 0 aliphatic heterocycles. The van der Waals surface area contributed by atoms with Crippen LogP contribution in [0.25, 0.3) is 0 Å². The van der Waals surface area contributed by atoms with Crippen LogP contribution in [0, 0.1) is 5.92 Å². The molecule has 0 bridgehead atoms. The smallest absolute Gasteiger partial charge is 0.407 e. The zero-order chi connectivity index (χ0) is 15.2. The maximum atomic E-state index is 11.8. The van der Waals surface area contributed by atoms with Crippen LogP contribution in [-0.2, 0) is 20.9 Å². The van der Waals surface area contributed by atoms with E-state index in [2.05, 4.69) is 10.1 Å². The Kier molecular flexibility index (Phi) is 5.16. The van der Waals surface area contributed by atoms with E-state index in [-0.39, 0.29) is 13.0 Å². The number of hydrogen-bond donors (Lipinski definition) is 2. The van der Waals surface area contributed by atoms with Gasteiger partial charge < -0.3 is 19.9 Å². The maximum Gasteiger partial charge on any atom is 0.407 e. The molecule has 1 aliphatic rings. The number of methoxy groups -OCH3 is 1. The molecule has 1 aliphatic carbocycles. The molecule has 1 amide bonds. The number of amides is 1. The lowest BCUT2D eigenvalue weighted by atomic mass is 10.0. The van der Waals surface area contributed by atoms with E-state index in [1.807, 2.05) is 30.3 Å². The average molecular weight is 293 g/mol. The van der Waals surface area contributed by atoms with Gasteiger partial charge in [0.05, 0.1) is 19.1 Å². The summed E-state index contributed by atoms with van der Waals surface area (Å²) in [6.45, 7) is 0.158. The van der Waals surface area contributed by atoms with Crippen LogP contribution >= 0.6 is 0 Å². The molecule has 0 unspecified atom stereocenters. The Balaban J connectivity index is 1.85. The molecule has 0 aromatic heterocycles. The van der Waals surface area contributed by atoms with Gasteiger partial charge in [-0.05, 0) is 18.4 Å². The summed E-state index contributed by atoms with van der Waals surface area (Å²) in [5, 5.41) is 12.3. The van der Waals surface area contributed by atoms with E-state index in [0.717, 1.165) is 5.56 Å².